The van der Waals surface area contributed by atoms with Crippen LogP contribution in [0.2, 0.25) is 0 Å². The highest BCUT2D eigenvalue weighted by Gasteiger charge is 2.30. The molecule has 8 aromatic carbocycles. The van der Waals surface area contributed by atoms with Gasteiger partial charge in [-0.1, -0.05) is 170 Å². The molecule has 0 N–H and O–H groups in total. The first-order valence-corrected chi connectivity index (χ1v) is 19.1. The highest BCUT2D eigenvalue weighted by atomic mass is 31.1. The van der Waals surface area contributed by atoms with Gasteiger partial charge in [-0.2, -0.15) is 4.67 Å². The molecule has 0 radical (unpaired) electrons. The first-order chi connectivity index (χ1) is 25.7. The van der Waals surface area contributed by atoms with Crippen molar-refractivity contribution in [3.8, 4) is 22.3 Å². The minimum Gasteiger partial charge on any atom is -0.407 e. The molecular formula is C48H38NO2P. The van der Waals surface area contributed by atoms with Crippen LogP contribution in [-0.2, 0) is 0 Å². The van der Waals surface area contributed by atoms with E-state index in [0.29, 0.717) is 0 Å². The van der Waals surface area contributed by atoms with Gasteiger partial charge in [-0.25, -0.2) is 0 Å². The van der Waals surface area contributed by atoms with Crippen LogP contribution in [0.4, 0.5) is 0 Å². The van der Waals surface area contributed by atoms with Crippen LogP contribution >= 0.6 is 8.16 Å². The van der Waals surface area contributed by atoms with E-state index >= 15 is 0 Å². The fourth-order valence-electron chi connectivity index (χ4n) is 7.66. The Labute approximate surface area is 305 Å². The predicted octanol–water partition coefficient (Wildman–Crippen LogP) is 14.4. The summed E-state index contributed by atoms with van der Waals surface area (Å²) in [6, 6.07) is 64.6. The van der Waals surface area contributed by atoms with E-state index in [0.717, 1.165) is 65.7 Å². The van der Waals surface area contributed by atoms with Gasteiger partial charge in [-0.05, 0) is 69.8 Å². The molecule has 0 aliphatic heterocycles. The summed E-state index contributed by atoms with van der Waals surface area (Å²) in [7, 11) is -1.75. The maximum atomic E-state index is 7.59. The summed E-state index contributed by atoms with van der Waals surface area (Å²) in [4.78, 5) is 0. The van der Waals surface area contributed by atoms with Gasteiger partial charge in [0.2, 0.25) is 0 Å². The third kappa shape index (κ3) is 5.69. The lowest BCUT2D eigenvalue weighted by Gasteiger charge is -2.32. The summed E-state index contributed by atoms with van der Waals surface area (Å²) in [6.07, 6.45) is 0. The third-order valence-electron chi connectivity index (χ3n) is 10.3. The Bertz CT molecular complexity index is 2520. The second-order valence-electron chi connectivity index (χ2n) is 13.4. The highest BCUT2D eigenvalue weighted by molar-refractivity contribution is 7.39. The van der Waals surface area contributed by atoms with Gasteiger partial charge in [0.1, 0.15) is 0 Å². The van der Waals surface area contributed by atoms with Crippen LogP contribution in [0.25, 0.3) is 65.7 Å². The van der Waals surface area contributed by atoms with Crippen LogP contribution in [0.3, 0.4) is 0 Å². The van der Waals surface area contributed by atoms with Gasteiger partial charge in [-0.3, -0.25) is 0 Å². The fourth-order valence-corrected chi connectivity index (χ4v) is 9.41. The van der Waals surface area contributed by atoms with E-state index in [4.69, 9.17) is 8.39 Å². The van der Waals surface area contributed by atoms with Crippen LogP contribution in [0, 0.1) is 0 Å². The van der Waals surface area contributed by atoms with Crippen molar-refractivity contribution in [2.75, 3.05) is 4.67 Å². The summed E-state index contributed by atoms with van der Waals surface area (Å²) in [5.74, 6) is 0. The fraction of sp³-hybridized carbons (Fsp3) is 0.0833. The van der Waals surface area contributed by atoms with E-state index in [1.807, 2.05) is 0 Å². The molecule has 52 heavy (non-hydrogen) atoms. The molecule has 0 fully saturated rings. The number of hydrogen-bond donors (Lipinski definition) is 0. The van der Waals surface area contributed by atoms with Crippen LogP contribution in [0.5, 0.6) is 0 Å². The zero-order valence-electron chi connectivity index (χ0n) is 29.2. The lowest BCUT2D eigenvalue weighted by Crippen LogP contribution is -2.27. The molecule has 2 atom stereocenters. The molecule has 0 saturated heterocycles. The Morgan fingerprint density at radius 3 is 1.17 bits per heavy atom. The first-order valence-electron chi connectivity index (χ1n) is 17.9. The van der Waals surface area contributed by atoms with Crippen LogP contribution < -0.4 is 4.67 Å². The van der Waals surface area contributed by atoms with Crippen molar-refractivity contribution in [3.05, 3.63) is 193 Å². The SMILES string of the molecule is C[C@@H](c1ccccc1)N([C@@H](C)c1ccccc1)p1oc2c(-c3ccccc3)cc3ccccc3c2c2c(o1)c(-c1ccccc1)cc1ccccc12. The van der Waals surface area contributed by atoms with E-state index in [1.165, 1.54) is 11.1 Å². The van der Waals surface area contributed by atoms with Gasteiger partial charge >= 0.3 is 8.16 Å². The van der Waals surface area contributed by atoms with Crippen molar-refractivity contribution in [2.45, 2.75) is 25.9 Å². The number of fused-ring (bicyclic) bond motifs is 7. The van der Waals surface area contributed by atoms with Crippen molar-refractivity contribution in [2.24, 2.45) is 0 Å². The van der Waals surface area contributed by atoms with Gasteiger partial charge in [0.25, 0.3) is 0 Å². The molecule has 0 saturated carbocycles. The summed E-state index contributed by atoms with van der Waals surface area (Å²) in [5, 5.41) is 6.70. The molecule has 0 amide bonds. The van der Waals surface area contributed by atoms with Crippen LogP contribution in [-0.4, -0.2) is 0 Å². The smallest absolute Gasteiger partial charge is 0.310 e. The molecule has 9 rings (SSSR count). The van der Waals surface area contributed by atoms with Gasteiger partial charge in [0.15, 0.2) is 11.2 Å². The molecule has 252 valence electrons. The molecule has 3 nitrogen and oxygen atoms in total. The molecule has 0 bridgehead atoms. The van der Waals surface area contributed by atoms with E-state index < -0.39 is 8.16 Å². The zero-order valence-corrected chi connectivity index (χ0v) is 30.1. The van der Waals surface area contributed by atoms with Crippen LogP contribution in [0.15, 0.2) is 190 Å². The Hall–Kier alpha value is -5.86. The Kier molecular flexibility index (Phi) is 8.45. The molecule has 0 spiro atoms. The standard InChI is InChI=1S/C48H38NO2P/c1-33(35-19-7-3-8-20-35)49(34(2)36-21-9-4-10-22-36)52-50-47-43(37-23-11-5-12-24-37)31-39-27-15-17-29-41(39)45(47)46-42-30-18-16-28-40(42)32-44(48(46)51-52)38-25-13-6-14-26-38/h3-34H,1-2H3/t33-,34-/m0/s1. The van der Waals surface area contributed by atoms with Crippen molar-refractivity contribution < 1.29 is 8.39 Å². The monoisotopic (exact) mass is 691 g/mol. The van der Waals surface area contributed by atoms with Crippen molar-refractivity contribution in [1.29, 1.82) is 0 Å². The summed E-state index contributed by atoms with van der Waals surface area (Å²) in [5.41, 5.74) is 8.39. The molecular weight excluding hydrogens is 654 g/mol. The number of benzene rings is 8. The minimum absolute atomic E-state index is 0.0335. The second-order valence-corrected chi connectivity index (χ2v) is 14.7. The predicted molar refractivity (Wildman–Crippen MR) is 220 cm³/mol. The molecule has 0 aliphatic carbocycles. The van der Waals surface area contributed by atoms with Gasteiger partial charge in [0.05, 0.1) is 0 Å². The van der Waals surface area contributed by atoms with Crippen molar-refractivity contribution in [1.82, 2.24) is 0 Å². The number of rotatable bonds is 7. The molecule has 1 aromatic heterocycles. The van der Waals surface area contributed by atoms with Gasteiger partial charge < -0.3 is 8.39 Å². The van der Waals surface area contributed by atoms with Gasteiger partial charge in [-0.15, -0.1) is 0 Å². The van der Waals surface area contributed by atoms with E-state index in [2.05, 4.69) is 201 Å². The maximum Gasteiger partial charge on any atom is 0.310 e. The van der Waals surface area contributed by atoms with Crippen molar-refractivity contribution in [3.63, 3.8) is 0 Å². The van der Waals surface area contributed by atoms with E-state index in [9.17, 15) is 0 Å². The molecule has 1 heterocycles. The lowest BCUT2D eigenvalue weighted by molar-refractivity contribution is 0.559. The normalized spacial score (nSPS) is 12.8. The Morgan fingerprint density at radius 2 is 0.769 bits per heavy atom. The summed E-state index contributed by atoms with van der Waals surface area (Å²) < 4.78 is 17.6. The summed E-state index contributed by atoms with van der Waals surface area (Å²) >= 11 is 0. The third-order valence-corrected chi connectivity index (χ3v) is 12.1. The highest BCUT2D eigenvalue weighted by Crippen LogP contribution is 2.51. The molecule has 9 aromatic rings. The maximum absolute atomic E-state index is 7.59. The van der Waals surface area contributed by atoms with E-state index in [-0.39, 0.29) is 12.1 Å². The minimum atomic E-state index is -1.75. The largest absolute Gasteiger partial charge is 0.407 e. The lowest BCUT2D eigenvalue weighted by atomic mass is 9.91. The molecule has 0 aliphatic rings. The number of nitrogens with zero attached hydrogens (tertiary/aromatic N) is 1. The average Bonchev–Trinajstić information content (AvgIpc) is 3.39. The zero-order chi connectivity index (χ0) is 35.0. The van der Waals surface area contributed by atoms with Crippen molar-refractivity contribution >= 4 is 51.6 Å². The van der Waals surface area contributed by atoms with Crippen LogP contribution in [0.1, 0.15) is 37.1 Å². The van der Waals surface area contributed by atoms with Gasteiger partial charge in [0, 0.05) is 34.0 Å². The molecule has 0 unspecified atom stereocenters. The topological polar surface area (TPSA) is 29.5 Å². The quantitative estimate of drug-likeness (QED) is 0.167. The summed E-state index contributed by atoms with van der Waals surface area (Å²) in [6.45, 7) is 4.54. The average molecular weight is 692 g/mol. The Balaban J connectivity index is 1.52. The molecule has 4 heteroatoms. The number of hydrogen-bond acceptors (Lipinski definition) is 3. The first kappa shape index (κ1) is 32.1. The Morgan fingerprint density at radius 1 is 0.423 bits per heavy atom. The van der Waals surface area contributed by atoms with E-state index in [1.54, 1.807) is 0 Å². The second kappa shape index (κ2) is 13.7.